The Hall–Kier alpha value is -2.19. The standard InChI is InChI=1S/C26H40N6O2/c1-29-21(10-11-24(33)31-17-15-30(16-18-31)23-9-5-6-13-27-23)19-28-26(34)25-22(29)12-14-32(25)20-7-3-2-4-8-20/h5-6,9,13,20-22,25H,2-4,7-8,10-12,14-19H2,1H3,(H,28,34)/t21-,22+,25-/m0/s1. The number of nitrogens with one attached hydrogen (secondary N) is 1. The van der Waals surface area contributed by atoms with Crippen LogP contribution in [0.2, 0.25) is 0 Å². The van der Waals surface area contributed by atoms with Gasteiger partial charge in [0.1, 0.15) is 11.9 Å². The Bertz CT molecular complexity index is 837. The summed E-state index contributed by atoms with van der Waals surface area (Å²) in [6.45, 7) is 4.79. The van der Waals surface area contributed by atoms with E-state index in [1.54, 1.807) is 0 Å². The van der Waals surface area contributed by atoms with E-state index in [4.69, 9.17) is 0 Å². The van der Waals surface area contributed by atoms with Gasteiger partial charge in [0.05, 0.1) is 0 Å². The number of hydrogen-bond donors (Lipinski definition) is 1. The molecule has 34 heavy (non-hydrogen) atoms. The lowest BCUT2D eigenvalue weighted by Crippen LogP contribution is -2.53. The molecule has 1 aromatic heterocycles. The first-order valence-electron chi connectivity index (χ1n) is 13.3. The van der Waals surface area contributed by atoms with Gasteiger partial charge in [-0.25, -0.2) is 4.98 Å². The van der Waals surface area contributed by atoms with Gasteiger partial charge >= 0.3 is 0 Å². The van der Waals surface area contributed by atoms with Gasteiger partial charge in [-0.1, -0.05) is 25.3 Å². The van der Waals surface area contributed by atoms with Gasteiger partial charge in [0.2, 0.25) is 11.8 Å². The van der Waals surface area contributed by atoms with E-state index in [0.717, 1.165) is 51.4 Å². The molecule has 3 atom stereocenters. The first kappa shape index (κ1) is 23.5. The quantitative estimate of drug-likeness (QED) is 0.710. The highest BCUT2D eigenvalue weighted by molar-refractivity contribution is 5.83. The smallest absolute Gasteiger partial charge is 0.239 e. The minimum absolute atomic E-state index is 0.0338. The van der Waals surface area contributed by atoms with Crippen LogP contribution in [0, 0.1) is 0 Å². The number of likely N-dealkylation sites (tertiary alicyclic amines) is 1. The van der Waals surface area contributed by atoms with Crippen LogP contribution in [-0.4, -0.2) is 102 Å². The molecule has 8 nitrogen and oxygen atoms in total. The molecule has 0 aromatic carbocycles. The average molecular weight is 469 g/mol. The molecule has 1 N–H and O–H groups in total. The van der Waals surface area contributed by atoms with Crippen LogP contribution in [0.3, 0.4) is 0 Å². The van der Waals surface area contributed by atoms with Crippen molar-refractivity contribution in [3.63, 3.8) is 0 Å². The summed E-state index contributed by atoms with van der Waals surface area (Å²) in [6, 6.07) is 6.96. The zero-order valence-corrected chi connectivity index (χ0v) is 20.6. The molecule has 0 bridgehead atoms. The lowest BCUT2D eigenvalue weighted by Gasteiger charge is -2.37. The van der Waals surface area contributed by atoms with Crippen molar-refractivity contribution in [2.45, 2.75) is 75.5 Å². The number of rotatable bonds is 5. The number of nitrogens with zero attached hydrogens (tertiary/aromatic N) is 5. The molecule has 5 rings (SSSR count). The third-order valence-electron chi connectivity index (χ3n) is 8.63. The monoisotopic (exact) mass is 468 g/mol. The first-order chi connectivity index (χ1) is 16.6. The molecular formula is C26H40N6O2. The molecule has 1 saturated carbocycles. The van der Waals surface area contributed by atoms with Crippen LogP contribution in [0.25, 0.3) is 0 Å². The van der Waals surface area contributed by atoms with E-state index in [2.05, 4.69) is 32.0 Å². The number of amides is 2. The first-order valence-corrected chi connectivity index (χ1v) is 13.3. The lowest BCUT2D eigenvalue weighted by molar-refractivity contribution is -0.132. The van der Waals surface area contributed by atoms with Crippen LogP contribution >= 0.6 is 0 Å². The Balaban J connectivity index is 1.13. The van der Waals surface area contributed by atoms with Crippen molar-refractivity contribution in [1.29, 1.82) is 0 Å². The van der Waals surface area contributed by atoms with Gasteiger partial charge in [-0.05, 0) is 44.9 Å². The zero-order chi connectivity index (χ0) is 23.5. The fourth-order valence-electron chi connectivity index (χ4n) is 6.59. The van der Waals surface area contributed by atoms with Crippen molar-refractivity contribution in [3.8, 4) is 0 Å². The number of carbonyl (C=O) groups is 2. The minimum Gasteiger partial charge on any atom is -0.353 e. The van der Waals surface area contributed by atoms with E-state index in [1.165, 1.54) is 32.1 Å². The van der Waals surface area contributed by atoms with E-state index in [0.29, 0.717) is 19.0 Å². The fraction of sp³-hybridized carbons (Fsp3) is 0.731. The highest BCUT2D eigenvalue weighted by Crippen LogP contribution is 2.33. The van der Waals surface area contributed by atoms with Crippen molar-refractivity contribution in [2.24, 2.45) is 0 Å². The Labute approximate surface area is 203 Å². The number of aromatic nitrogens is 1. The normalized spacial score (nSPS) is 29.6. The van der Waals surface area contributed by atoms with Gasteiger partial charge in [-0.2, -0.15) is 0 Å². The molecule has 4 aliphatic rings. The second kappa shape index (κ2) is 10.6. The number of hydrogen-bond acceptors (Lipinski definition) is 6. The molecule has 186 valence electrons. The van der Waals surface area contributed by atoms with Crippen molar-refractivity contribution in [1.82, 2.24) is 25.0 Å². The van der Waals surface area contributed by atoms with E-state index >= 15 is 0 Å². The molecule has 0 radical (unpaired) electrons. The van der Waals surface area contributed by atoms with E-state index < -0.39 is 0 Å². The predicted octanol–water partition coefficient (Wildman–Crippen LogP) is 1.72. The average Bonchev–Trinajstić information content (AvgIpc) is 3.30. The molecule has 2 amide bonds. The summed E-state index contributed by atoms with van der Waals surface area (Å²) >= 11 is 0. The van der Waals surface area contributed by atoms with Gasteiger partial charge in [0.15, 0.2) is 0 Å². The Kier molecular flexibility index (Phi) is 7.34. The maximum atomic E-state index is 13.1. The van der Waals surface area contributed by atoms with Gasteiger partial charge in [0, 0.05) is 70.0 Å². The Morgan fingerprint density at radius 2 is 1.85 bits per heavy atom. The van der Waals surface area contributed by atoms with Crippen LogP contribution < -0.4 is 10.2 Å². The molecule has 4 fully saturated rings. The van der Waals surface area contributed by atoms with Crippen molar-refractivity contribution in [2.75, 3.05) is 51.2 Å². The predicted molar refractivity (Wildman–Crippen MR) is 133 cm³/mol. The summed E-state index contributed by atoms with van der Waals surface area (Å²) in [5, 5.41) is 3.23. The van der Waals surface area contributed by atoms with E-state index in [9.17, 15) is 9.59 Å². The van der Waals surface area contributed by atoms with Crippen LogP contribution in [0.15, 0.2) is 24.4 Å². The van der Waals surface area contributed by atoms with E-state index in [1.807, 2.05) is 29.3 Å². The zero-order valence-electron chi connectivity index (χ0n) is 20.6. The molecule has 3 saturated heterocycles. The number of anilines is 1. The third-order valence-corrected chi connectivity index (χ3v) is 8.63. The SMILES string of the molecule is CN1[C@@H](CCC(=O)N2CCN(c3ccccn3)CC2)CNC(=O)[C@@H]2[C@H]1CCN2C1CCCCC1. The van der Waals surface area contributed by atoms with Crippen LogP contribution in [-0.2, 0) is 9.59 Å². The number of carbonyl (C=O) groups excluding carboxylic acids is 2. The molecular weight excluding hydrogens is 428 g/mol. The largest absolute Gasteiger partial charge is 0.353 e. The van der Waals surface area contributed by atoms with Gasteiger partial charge in [-0.3, -0.25) is 19.4 Å². The van der Waals surface area contributed by atoms with Crippen LogP contribution in [0.5, 0.6) is 0 Å². The topological polar surface area (TPSA) is 72.0 Å². The molecule has 1 aromatic rings. The summed E-state index contributed by atoms with van der Waals surface area (Å²) in [7, 11) is 2.17. The molecule has 8 heteroatoms. The summed E-state index contributed by atoms with van der Waals surface area (Å²) < 4.78 is 0. The minimum atomic E-state index is -0.0338. The number of pyridine rings is 1. The van der Waals surface area contributed by atoms with E-state index in [-0.39, 0.29) is 29.9 Å². The highest BCUT2D eigenvalue weighted by Gasteiger charge is 2.47. The van der Waals surface area contributed by atoms with Gasteiger partial charge in [-0.15, -0.1) is 0 Å². The number of likely N-dealkylation sites (N-methyl/N-ethyl adjacent to an activating group) is 1. The molecule has 1 aliphatic carbocycles. The third kappa shape index (κ3) is 4.93. The molecule has 3 aliphatic heterocycles. The molecule has 0 unspecified atom stereocenters. The van der Waals surface area contributed by atoms with Crippen LogP contribution in [0.4, 0.5) is 5.82 Å². The molecule has 0 spiro atoms. The Morgan fingerprint density at radius 3 is 2.59 bits per heavy atom. The fourth-order valence-corrected chi connectivity index (χ4v) is 6.59. The van der Waals surface area contributed by atoms with Crippen molar-refractivity contribution >= 4 is 17.6 Å². The summed E-state index contributed by atoms with van der Waals surface area (Å²) in [6.07, 6.45) is 10.6. The van der Waals surface area contributed by atoms with Gasteiger partial charge < -0.3 is 15.1 Å². The van der Waals surface area contributed by atoms with Crippen molar-refractivity contribution < 1.29 is 9.59 Å². The van der Waals surface area contributed by atoms with Crippen LogP contribution in [0.1, 0.15) is 51.4 Å². The Morgan fingerprint density at radius 1 is 1.06 bits per heavy atom. The lowest BCUT2D eigenvalue weighted by atomic mass is 9.93. The second-order valence-electron chi connectivity index (χ2n) is 10.5. The summed E-state index contributed by atoms with van der Waals surface area (Å²) in [5.41, 5.74) is 0. The maximum absolute atomic E-state index is 13.1. The van der Waals surface area contributed by atoms with Gasteiger partial charge in [0.25, 0.3) is 0 Å². The molecule has 4 heterocycles. The summed E-state index contributed by atoms with van der Waals surface area (Å²) in [5.74, 6) is 1.41. The number of piperazine rings is 1. The highest BCUT2D eigenvalue weighted by atomic mass is 16.2. The second-order valence-corrected chi connectivity index (χ2v) is 10.5. The maximum Gasteiger partial charge on any atom is 0.239 e. The summed E-state index contributed by atoms with van der Waals surface area (Å²) in [4.78, 5) is 39.7. The van der Waals surface area contributed by atoms with Crippen molar-refractivity contribution in [3.05, 3.63) is 24.4 Å². The number of fused-ring (bicyclic) bond motifs is 1.